The summed E-state index contributed by atoms with van der Waals surface area (Å²) in [5.74, 6) is 2.50. The fourth-order valence-corrected chi connectivity index (χ4v) is 3.77. The summed E-state index contributed by atoms with van der Waals surface area (Å²) in [5, 5.41) is 0. The fourth-order valence-electron chi connectivity index (χ4n) is 3.26. The predicted molar refractivity (Wildman–Crippen MR) is 83.9 cm³/mol. The van der Waals surface area contributed by atoms with Gasteiger partial charge in [-0.1, -0.05) is 29.3 Å². The van der Waals surface area contributed by atoms with E-state index >= 15 is 0 Å². The molecule has 0 saturated heterocycles. The molecule has 1 heterocycles. The molecular formula is C15H18BrClN2. The van der Waals surface area contributed by atoms with Crippen molar-refractivity contribution in [3.8, 4) is 0 Å². The molecule has 0 radical (unpaired) electrons. The van der Waals surface area contributed by atoms with Crippen molar-refractivity contribution in [1.29, 1.82) is 0 Å². The Hall–Kier alpha value is -0.540. The Balaban J connectivity index is 2.17. The van der Waals surface area contributed by atoms with Crippen LogP contribution in [0.2, 0.25) is 0 Å². The summed E-state index contributed by atoms with van der Waals surface area (Å²) in [6, 6.07) is 6.91. The summed E-state index contributed by atoms with van der Waals surface area (Å²) in [4.78, 5) is 4.78. The van der Waals surface area contributed by atoms with E-state index < -0.39 is 0 Å². The first-order valence-corrected chi connectivity index (χ1v) is 8.26. The van der Waals surface area contributed by atoms with E-state index in [-0.39, 0.29) is 0 Å². The molecule has 1 saturated carbocycles. The predicted octanol–water partition coefficient (Wildman–Crippen LogP) is 4.94. The molecule has 2 aromatic rings. The number of hydrogen-bond donors (Lipinski definition) is 0. The molecule has 0 spiro atoms. The number of aromatic nitrogens is 2. The second kappa shape index (κ2) is 5.45. The van der Waals surface area contributed by atoms with Gasteiger partial charge in [0.05, 0.1) is 11.0 Å². The SMILES string of the molecule is CC1CCCC1n1c(CCCl)nc2ccc(Br)cc21. The van der Waals surface area contributed by atoms with Gasteiger partial charge in [-0.05, 0) is 37.0 Å². The van der Waals surface area contributed by atoms with Gasteiger partial charge >= 0.3 is 0 Å². The highest BCUT2D eigenvalue weighted by Crippen LogP contribution is 2.38. The van der Waals surface area contributed by atoms with Crippen molar-refractivity contribution >= 4 is 38.6 Å². The number of halogens is 2. The number of aryl methyl sites for hydroxylation is 1. The molecule has 1 aromatic heterocycles. The Bertz CT molecular complexity index is 593. The van der Waals surface area contributed by atoms with Gasteiger partial charge in [-0.15, -0.1) is 11.6 Å². The first-order valence-electron chi connectivity index (χ1n) is 6.93. The Labute approximate surface area is 127 Å². The molecule has 0 N–H and O–H groups in total. The van der Waals surface area contributed by atoms with Crippen LogP contribution in [-0.2, 0) is 6.42 Å². The lowest BCUT2D eigenvalue weighted by Gasteiger charge is -2.21. The monoisotopic (exact) mass is 340 g/mol. The molecule has 1 aliphatic rings. The summed E-state index contributed by atoms with van der Waals surface area (Å²) in [6.45, 7) is 2.35. The third-order valence-electron chi connectivity index (χ3n) is 4.19. The molecule has 102 valence electrons. The summed E-state index contributed by atoms with van der Waals surface area (Å²) in [7, 11) is 0. The molecule has 19 heavy (non-hydrogen) atoms. The van der Waals surface area contributed by atoms with Crippen molar-refractivity contribution in [1.82, 2.24) is 9.55 Å². The van der Waals surface area contributed by atoms with Crippen LogP contribution in [0, 0.1) is 5.92 Å². The van der Waals surface area contributed by atoms with Crippen LogP contribution in [0.15, 0.2) is 22.7 Å². The van der Waals surface area contributed by atoms with E-state index in [9.17, 15) is 0 Å². The number of imidazole rings is 1. The maximum atomic E-state index is 5.95. The van der Waals surface area contributed by atoms with Gasteiger partial charge in [0.25, 0.3) is 0 Å². The topological polar surface area (TPSA) is 17.8 Å². The van der Waals surface area contributed by atoms with Crippen LogP contribution in [-0.4, -0.2) is 15.4 Å². The lowest BCUT2D eigenvalue weighted by atomic mass is 10.1. The largest absolute Gasteiger partial charge is 0.325 e. The standard InChI is InChI=1S/C15H18BrClN2/c1-10-3-2-4-13(10)19-14-9-11(16)5-6-12(14)18-15(19)7-8-17/h5-6,9-10,13H,2-4,7-8H2,1H3. The van der Waals surface area contributed by atoms with Gasteiger partial charge in [-0.3, -0.25) is 0 Å². The Morgan fingerprint density at radius 1 is 1.42 bits per heavy atom. The highest BCUT2D eigenvalue weighted by atomic mass is 79.9. The van der Waals surface area contributed by atoms with E-state index in [2.05, 4.69) is 45.6 Å². The zero-order valence-electron chi connectivity index (χ0n) is 11.1. The van der Waals surface area contributed by atoms with Gasteiger partial charge in [0.15, 0.2) is 0 Å². The molecule has 2 atom stereocenters. The van der Waals surface area contributed by atoms with E-state index in [1.165, 1.54) is 24.8 Å². The van der Waals surface area contributed by atoms with Crippen LogP contribution in [0.1, 0.15) is 38.1 Å². The van der Waals surface area contributed by atoms with Crippen molar-refractivity contribution in [2.75, 3.05) is 5.88 Å². The van der Waals surface area contributed by atoms with Crippen LogP contribution in [0.25, 0.3) is 11.0 Å². The Morgan fingerprint density at radius 2 is 2.26 bits per heavy atom. The van der Waals surface area contributed by atoms with Gasteiger partial charge in [0.2, 0.25) is 0 Å². The summed E-state index contributed by atoms with van der Waals surface area (Å²) in [6.07, 6.45) is 4.74. The fraction of sp³-hybridized carbons (Fsp3) is 0.533. The molecule has 3 rings (SSSR count). The van der Waals surface area contributed by atoms with Crippen molar-refractivity contribution in [2.24, 2.45) is 5.92 Å². The maximum absolute atomic E-state index is 5.95. The van der Waals surface area contributed by atoms with Gasteiger partial charge in [0, 0.05) is 22.8 Å². The molecule has 0 amide bonds. The summed E-state index contributed by atoms with van der Waals surface area (Å²) in [5.41, 5.74) is 2.33. The van der Waals surface area contributed by atoms with Crippen LogP contribution in [0.4, 0.5) is 0 Å². The molecule has 4 heteroatoms. The van der Waals surface area contributed by atoms with Crippen molar-refractivity contribution < 1.29 is 0 Å². The zero-order valence-corrected chi connectivity index (χ0v) is 13.4. The van der Waals surface area contributed by atoms with Crippen LogP contribution < -0.4 is 0 Å². The van der Waals surface area contributed by atoms with Crippen LogP contribution in [0.5, 0.6) is 0 Å². The number of benzene rings is 1. The molecule has 2 nitrogen and oxygen atoms in total. The Kier molecular flexibility index (Phi) is 3.86. The molecule has 0 aliphatic heterocycles. The summed E-state index contributed by atoms with van der Waals surface area (Å²) >= 11 is 9.52. The molecule has 2 unspecified atom stereocenters. The van der Waals surface area contributed by atoms with E-state index in [0.29, 0.717) is 11.9 Å². The lowest BCUT2D eigenvalue weighted by Crippen LogP contribution is -2.15. The van der Waals surface area contributed by atoms with E-state index in [1.807, 2.05) is 0 Å². The van der Waals surface area contributed by atoms with Crippen molar-refractivity contribution in [3.05, 3.63) is 28.5 Å². The molecule has 1 aliphatic carbocycles. The smallest absolute Gasteiger partial charge is 0.111 e. The molecule has 1 aromatic carbocycles. The average molecular weight is 342 g/mol. The number of fused-ring (bicyclic) bond motifs is 1. The Morgan fingerprint density at radius 3 is 2.95 bits per heavy atom. The number of rotatable bonds is 3. The minimum atomic E-state index is 0.581. The number of hydrogen-bond acceptors (Lipinski definition) is 1. The average Bonchev–Trinajstić information content (AvgIpc) is 2.93. The zero-order chi connectivity index (χ0) is 13.4. The third-order valence-corrected chi connectivity index (χ3v) is 4.87. The molecule has 0 bridgehead atoms. The highest BCUT2D eigenvalue weighted by molar-refractivity contribution is 9.10. The highest BCUT2D eigenvalue weighted by Gasteiger charge is 2.28. The number of alkyl halides is 1. The van der Waals surface area contributed by atoms with E-state index in [1.54, 1.807) is 0 Å². The van der Waals surface area contributed by atoms with E-state index in [4.69, 9.17) is 16.6 Å². The minimum absolute atomic E-state index is 0.581. The quantitative estimate of drug-likeness (QED) is 0.723. The minimum Gasteiger partial charge on any atom is -0.325 e. The van der Waals surface area contributed by atoms with E-state index in [0.717, 1.165) is 28.2 Å². The third kappa shape index (κ3) is 2.43. The number of nitrogens with zero attached hydrogens (tertiary/aromatic N) is 2. The van der Waals surface area contributed by atoms with Gasteiger partial charge < -0.3 is 4.57 Å². The van der Waals surface area contributed by atoms with Crippen molar-refractivity contribution in [3.63, 3.8) is 0 Å². The van der Waals surface area contributed by atoms with Gasteiger partial charge in [0.1, 0.15) is 5.82 Å². The van der Waals surface area contributed by atoms with Gasteiger partial charge in [-0.25, -0.2) is 4.98 Å². The second-order valence-electron chi connectivity index (χ2n) is 5.45. The normalized spacial score (nSPS) is 23.3. The van der Waals surface area contributed by atoms with Gasteiger partial charge in [-0.2, -0.15) is 0 Å². The van der Waals surface area contributed by atoms with Crippen LogP contribution >= 0.6 is 27.5 Å². The van der Waals surface area contributed by atoms with Crippen LogP contribution in [0.3, 0.4) is 0 Å². The molecule has 1 fully saturated rings. The lowest BCUT2D eigenvalue weighted by molar-refractivity contribution is 0.406. The van der Waals surface area contributed by atoms with Crippen molar-refractivity contribution in [2.45, 2.75) is 38.6 Å². The second-order valence-corrected chi connectivity index (χ2v) is 6.74. The first kappa shape index (κ1) is 13.4. The molecular weight excluding hydrogens is 324 g/mol. The first-order chi connectivity index (χ1) is 9.20. The summed E-state index contributed by atoms with van der Waals surface area (Å²) < 4.78 is 3.56. The maximum Gasteiger partial charge on any atom is 0.111 e.